The molecule has 0 fully saturated rings. The van der Waals surface area contributed by atoms with Crippen molar-refractivity contribution in [2.45, 2.75) is 58.3 Å². The zero-order valence-corrected chi connectivity index (χ0v) is 22.9. The van der Waals surface area contributed by atoms with Gasteiger partial charge in [0.05, 0.1) is 19.0 Å². The Morgan fingerprint density at radius 2 is 1.85 bits per heavy atom. The van der Waals surface area contributed by atoms with E-state index in [0.717, 1.165) is 12.1 Å². The summed E-state index contributed by atoms with van der Waals surface area (Å²) in [6, 6.07) is 4.52. The molecule has 3 atom stereocenters. The van der Waals surface area contributed by atoms with Gasteiger partial charge in [0.15, 0.2) is 11.5 Å². The molecule has 0 bridgehead atoms. The summed E-state index contributed by atoms with van der Waals surface area (Å²) in [5.74, 6) is -1.40. The molecule has 2 aromatic heterocycles. The number of nitrogens with two attached hydrogens (primary N) is 1. The van der Waals surface area contributed by atoms with E-state index in [4.69, 9.17) is 10.5 Å². The monoisotopic (exact) mass is 573 g/mol. The number of hydrogen-bond acceptors (Lipinski definition) is 8. The maximum atomic E-state index is 14.3. The molecule has 2 heterocycles. The van der Waals surface area contributed by atoms with E-state index in [2.05, 4.69) is 24.8 Å². The molecule has 39 heavy (non-hydrogen) atoms. The predicted molar refractivity (Wildman–Crippen MR) is 137 cm³/mol. The Morgan fingerprint density at radius 1 is 1.21 bits per heavy atom. The zero-order chi connectivity index (χ0) is 29.2. The van der Waals surface area contributed by atoms with Crippen LogP contribution in [0.5, 0.6) is 5.75 Å². The van der Waals surface area contributed by atoms with E-state index in [0.29, 0.717) is 16.7 Å². The molecule has 0 aliphatic rings. The van der Waals surface area contributed by atoms with Gasteiger partial charge in [-0.1, -0.05) is 12.1 Å². The second-order valence-corrected chi connectivity index (χ2v) is 12.1. The molecular formula is C23H31F3N7O5P. The molecule has 0 saturated carbocycles. The summed E-state index contributed by atoms with van der Waals surface area (Å²) in [7, 11) is -2.23. The Hall–Kier alpha value is -3.26. The molecule has 12 nitrogen and oxygen atoms in total. The molecule has 0 spiro atoms. The molecule has 4 N–H and O–H groups in total. The topological polar surface area (TPSA) is 158 Å². The summed E-state index contributed by atoms with van der Waals surface area (Å²) < 4.78 is 64.8. The molecular weight excluding hydrogens is 542 g/mol. The van der Waals surface area contributed by atoms with Crippen LogP contribution >= 0.6 is 7.44 Å². The predicted octanol–water partition coefficient (Wildman–Crippen LogP) is 4.01. The first-order valence-corrected chi connectivity index (χ1v) is 13.6. The zero-order valence-electron chi connectivity index (χ0n) is 22.0. The van der Waals surface area contributed by atoms with Crippen LogP contribution in [0.4, 0.5) is 19.0 Å². The van der Waals surface area contributed by atoms with Crippen molar-refractivity contribution >= 4 is 30.4 Å². The van der Waals surface area contributed by atoms with Gasteiger partial charge in [-0.15, -0.1) is 13.2 Å². The lowest BCUT2D eigenvalue weighted by molar-refractivity contribution is -0.274. The Morgan fingerprint density at radius 3 is 2.44 bits per heavy atom. The van der Waals surface area contributed by atoms with E-state index in [1.54, 1.807) is 18.4 Å². The fourth-order valence-corrected chi connectivity index (χ4v) is 6.24. The first-order valence-electron chi connectivity index (χ1n) is 11.8. The number of carboxylic acid groups (broad SMARTS) is 1. The van der Waals surface area contributed by atoms with Crippen LogP contribution in [0, 0.1) is 0 Å². The number of nitrogens with zero attached hydrogens (tertiary/aromatic N) is 5. The van der Waals surface area contributed by atoms with Gasteiger partial charge >= 0.3 is 12.3 Å². The highest BCUT2D eigenvalue weighted by molar-refractivity contribution is 7.59. The lowest BCUT2D eigenvalue weighted by Gasteiger charge is -2.38. The van der Waals surface area contributed by atoms with Crippen molar-refractivity contribution in [2.75, 3.05) is 19.1 Å². The maximum Gasteiger partial charge on any atom is 0.573 e. The molecule has 0 radical (unpaired) electrons. The smallest absolute Gasteiger partial charge is 0.480 e. The minimum absolute atomic E-state index is 0.227. The van der Waals surface area contributed by atoms with Crippen LogP contribution in [0.3, 0.4) is 0 Å². The van der Waals surface area contributed by atoms with Gasteiger partial charge in [-0.25, -0.2) is 24.7 Å². The first-order chi connectivity index (χ1) is 18.0. The number of anilines is 1. The van der Waals surface area contributed by atoms with E-state index in [1.807, 2.05) is 0 Å². The second-order valence-electron chi connectivity index (χ2n) is 9.54. The lowest BCUT2D eigenvalue weighted by atomic mass is 10.1. The Bertz CT molecular complexity index is 1350. The molecule has 214 valence electrons. The summed E-state index contributed by atoms with van der Waals surface area (Å²) in [4.78, 5) is 24.1. The Balaban J connectivity index is 1.79. The molecule has 3 rings (SSSR count). The van der Waals surface area contributed by atoms with Crippen molar-refractivity contribution in [3.05, 3.63) is 42.5 Å². The third-order valence-corrected chi connectivity index (χ3v) is 8.85. The largest absolute Gasteiger partial charge is 0.573 e. The number of rotatable bonds is 12. The summed E-state index contributed by atoms with van der Waals surface area (Å²) in [6.45, 7) is 6.44. The van der Waals surface area contributed by atoms with Gasteiger partial charge in [0.1, 0.15) is 29.5 Å². The average molecular weight is 574 g/mol. The van der Waals surface area contributed by atoms with Gasteiger partial charge in [-0.2, -0.15) is 0 Å². The van der Waals surface area contributed by atoms with E-state index in [-0.39, 0.29) is 18.7 Å². The highest BCUT2D eigenvalue weighted by Crippen LogP contribution is 2.51. The number of halogens is 3. The van der Waals surface area contributed by atoms with E-state index < -0.39 is 43.2 Å². The molecule has 0 aliphatic carbocycles. The van der Waals surface area contributed by atoms with E-state index >= 15 is 0 Å². The summed E-state index contributed by atoms with van der Waals surface area (Å²) >= 11 is 0. The van der Waals surface area contributed by atoms with Crippen LogP contribution in [0.25, 0.3) is 11.2 Å². The summed E-state index contributed by atoms with van der Waals surface area (Å²) in [5, 5.41) is 12.4. The van der Waals surface area contributed by atoms with Crippen LogP contribution in [-0.4, -0.2) is 66.7 Å². The number of benzene rings is 1. The average Bonchev–Trinajstić information content (AvgIpc) is 3.25. The fourth-order valence-electron chi connectivity index (χ4n) is 3.72. The fraction of sp³-hybridized carbons (Fsp3) is 0.478. The van der Waals surface area contributed by atoms with Crippen LogP contribution in [0.15, 0.2) is 36.9 Å². The van der Waals surface area contributed by atoms with Gasteiger partial charge in [-0.05, 0) is 52.4 Å². The normalized spacial score (nSPS) is 15.7. The van der Waals surface area contributed by atoms with Crippen molar-refractivity contribution in [1.82, 2.24) is 29.3 Å². The van der Waals surface area contributed by atoms with Gasteiger partial charge in [0, 0.05) is 6.04 Å². The Labute approximate surface area is 222 Å². The van der Waals surface area contributed by atoms with Crippen molar-refractivity contribution in [2.24, 2.45) is 0 Å². The van der Waals surface area contributed by atoms with Gasteiger partial charge in [0.2, 0.25) is 7.44 Å². The lowest BCUT2D eigenvalue weighted by Crippen LogP contribution is -2.48. The highest BCUT2D eigenvalue weighted by Gasteiger charge is 2.41. The molecule has 0 amide bonds. The second kappa shape index (κ2) is 11.5. The molecule has 0 unspecified atom stereocenters. The SMILES string of the molecule is C[C@H](Cn1cnc2c(N)ncnc21)OC[P@@](=O)(NC(C)(C)C(=O)O)N(C)[C@H](C)c1ccc(OC(F)(F)F)cc1. The third kappa shape index (κ3) is 7.44. The number of carbonyl (C=O) groups is 1. The van der Waals surface area contributed by atoms with Crippen molar-refractivity contribution < 1.29 is 37.1 Å². The molecule has 0 aliphatic heterocycles. The summed E-state index contributed by atoms with van der Waals surface area (Å²) in [5.41, 5.74) is 5.69. The van der Waals surface area contributed by atoms with Gasteiger partial charge in [0.25, 0.3) is 0 Å². The van der Waals surface area contributed by atoms with Crippen LogP contribution < -0.4 is 15.6 Å². The van der Waals surface area contributed by atoms with Crippen molar-refractivity contribution in [1.29, 1.82) is 0 Å². The van der Waals surface area contributed by atoms with Crippen LogP contribution in [0.1, 0.15) is 39.3 Å². The molecule has 16 heteroatoms. The van der Waals surface area contributed by atoms with Gasteiger partial charge < -0.3 is 24.9 Å². The number of nitrogen functional groups attached to an aromatic ring is 1. The van der Waals surface area contributed by atoms with E-state index in [9.17, 15) is 27.6 Å². The number of aliphatic carboxylic acids is 1. The van der Waals surface area contributed by atoms with Gasteiger partial charge in [-0.3, -0.25) is 9.36 Å². The van der Waals surface area contributed by atoms with Crippen molar-refractivity contribution in [3.63, 3.8) is 0 Å². The van der Waals surface area contributed by atoms with E-state index in [1.165, 1.54) is 50.4 Å². The molecule has 1 aromatic carbocycles. The van der Waals surface area contributed by atoms with Crippen LogP contribution in [-0.2, 0) is 20.6 Å². The number of aromatic nitrogens is 4. The number of ether oxygens (including phenoxy) is 2. The quantitative estimate of drug-likeness (QED) is 0.269. The number of alkyl halides is 3. The maximum absolute atomic E-state index is 14.3. The molecule has 3 aromatic rings. The highest BCUT2D eigenvalue weighted by atomic mass is 31.2. The number of carboxylic acids is 1. The number of hydrogen-bond donors (Lipinski definition) is 3. The third-order valence-electron chi connectivity index (χ3n) is 6.07. The Kier molecular flexibility index (Phi) is 8.90. The number of fused-ring (bicyclic) bond motifs is 1. The first kappa shape index (κ1) is 30.3. The minimum atomic E-state index is -4.83. The number of imidazole rings is 1. The number of nitrogens with one attached hydrogen (secondary N) is 1. The molecule has 0 saturated heterocycles. The van der Waals surface area contributed by atoms with Crippen LogP contribution in [0.2, 0.25) is 0 Å². The standard InChI is InChI=1S/C23H31F3N7O5P/c1-14(10-33-12-30-18-19(27)28-11-29-20(18)33)37-13-39(36,31-22(3,4)21(34)35)32(5)15(2)16-6-8-17(9-7-16)38-23(24,25)26/h6-9,11-12,14-15H,10,13H2,1-5H3,(H,31,36)(H,34,35)(H2,27,28,29)/t14-,15-,39-/m1/s1. The minimum Gasteiger partial charge on any atom is -0.480 e. The summed E-state index contributed by atoms with van der Waals surface area (Å²) in [6.07, 6.45) is -2.87. The van der Waals surface area contributed by atoms with Crippen molar-refractivity contribution in [3.8, 4) is 5.75 Å².